The first-order valence-corrected chi connectivity index (χ1v) is 8.21. The van der Waals surface area contributed by atoms with Crippen molar-refractivity contribution >= 4 is 39.2 Å². The maximum Gasteiger partial charge on any atom is 0.230 e. The van der Waals surface area contributed by atoms with E-state index in [0.29, 0.717) is 12.2 Å². The number of fused-ring (bicyclic) bond motifs is 1. The van der Waals surface area contributed by atoms with Crippen LogP contribution in [-0.4, -0.2) is 33.9 Å². The fraction of sp³-hybridized carbons (Fsp3) is 0.429. The molecule has 2 aromatic rings. The highest BCUT2D eigenvalue weighted by atomic mass is 32.2. The summed E-state index contributed by atoms with van der Waals surface area (Å²) in [5.74, 6) is 0.307. The molecule has 20 heavy (non-hydrogen) atoms. The van der Waals surface area contributed by atoms with Gasteiger partial charge in [-0.3, -0.25) is 4.79 Å². The maximum absolute atomic E-state index is 11.9. The number of nitrogens with zero attached hydrogens (tertiary/aromatic N) is 1. The molecule has 0 unspecified atom stereocenters. The van der Waals surface area contributed by atoms with Crippen LogP contribution >= 0.6 is 23.1 Å². The molecule has 0 aliphatic rings. The number of aromatic nitrogens is 1. The van der Waals surface area contributed by atoms with Gasteiger partial charge in [0.15, 0.2) is 4.34 Å². The highest BCUT2D eigenvalue weighted by Crippen LogP contribution is 2.29. The zero-order valence-corrected chi connectivity index (χ0v) is 13.2. The Hall–Kier alpha value is -1.11. The second-order valence-corrected chi connectivity index (χ2v) is 7.39. The normalized spacial score (nSPS) is 11.8. The van der Waals surface area contributed by atoms with Crippen molar-refractivity contribution in [2.75, 3.05) is 12.4 Å². The van der Waals surface area contributed by atoms with Gasteiger partial charge in [-0.25, -0.2) is 4.98 Å². The molecule has 4 nitrogen and oxygen atoms in total. The van der Waals surface area contributed by atoms with Crippen LogP contribution in [0.2, 0.25) is 0 Å². The number of amides is 1. The number of rotatable bonds is 6. The summed E-state index contributed by atoms with van der Waals surface area (Å²) >= 11 is 3.05. The Labute approximate surface area is 126 Å². The van der Waals surface area contributed by atoms with Gasteiger partial charge in [0, 0.05) is 12.1 Å². The molecule has 1 heterocycles. The summed E-state index contributed by atoms with van der Waals surface area (Å²) in [5, 5.41) is 11.9. The van der Waals surface area contributed by atoms with Crippen LogP contribution in [0.3, 0.4) is 0 Å². The lowest BCUT2D eigenvalue weighted by Gasteiger charge is -2.25. The van der Waals surface area contributed by atoms with Gasteiger partial charge in [0.25, 0.3) is 0 Å². The third-order valence-electron chi connectivity index (χ3n) is 2.82. The average molecular weight is 310 g/mol. The molecule has 108 valence electrons. The van der Waals surface area contributed by atoms with E-state index in [4.69, 9.17) is 5.11 Å². The number of aliphatic hydroxyl groups excluding tert-OH is 1. The van der Waals surface area contributed by atoms with E-state index < -0.39 is 0 Å². The van der Waals surface area contributed by atoms with Gasteiger partial charge in [-0.15, -0.1) is 11.3 Å². The summed E-state index contributed by atoms with van der Waals surface area (Å²) in [7, 11) is 0. The molecule has 0 fully saturated rings. The van der Waals surface area contributed by atoms with Gasteiger partial charge in [-0.05, 0) is 32.4 Å². The van der Waals surface area contributed by atoms with E-state index in [1.165, 1.54) is 11.8 Å². The second-order valence-electron chi connectivity index (χ2n) is 5.14. The third kappa shape index (κ3) is 4.19. The minimum Gasteiger partial charge on any atom is -0.396 e. The highest BCUT2D eigenvalue weighted by molar-refractivity contribution is 8.01. The molecule has 1 aromatic heterocycles. The van der Waals surface area contributed by atoms with Crippen LogP contribution in [0, 0.1) is 0 Å². The predicted molar refractivity (Wildman–Crippen MR) is 84.3 cm³/mol. The number of carbonyl (C=O) groups excluding carboxylic acids is 1. The van der Waals surface area contributed by atoms with Crippen molar-refractivity contribution in [1.29, 1.82) is 0 Å². The SMILES string of the molecule is CC(C)(CCO)NC(=O)CSc1nc2ccccc2s1. The first-order valence-electron chi connectivity index (χ1n) is 6.40. The summed E-state index contributed by atoms with van der Waals surface area (Å²) in [5.41, 5.74) is 0.598. The Kier molecular flexibility index (Phi) is 5.01. The van der Waals surface area contributed by atoms with Crippen LogP contribution in [0.4, 0.5) is 0 Å². The maximum atomic E-state index is 11.9. The summed E-state index contributed by atoms with van der Waals surface area (Å²) in [6.45, 7) is 3.88. The van der Waals surface area contributed by atoms with E-state index in [0.717, 1.165) is 14.6 Å². The smallest absolute Gasteiger partial charge is 0.230 e. The topological polar surface area (TPSA) is 62.2 Å². The van der Waals surface area contributed by atoms with Crippen LogP contribution in [-0.2, 0) is 4.79 Å². The first kappa shape index (κ1) is 15.3. The van der Waals surface area contributed by atoms with Gasteiger partial charge >= 0.3 is 0 Å². The minimum absolute atomic E-state index is 0.0345. The molecule has 1 amide bonds. The van der Waals surface area contributed by atoms with E-state index in [1.54, 1.807) is 11.3 Å². The lowest BCUT2D eigenvalue weighted by molar-refractivity contribution is -0.120. The molecule has 0 bridgehead atoms. The molecule has 0 radical (unpaired) electrons. The first-order chi connectivity index (χ1) is 9.50. The van der Waals surface area contributed by atoms with Crippen molar-refractivity contribution in [3.8, 4) is 0 Å². The van der Waals surface area contributed by atoms with Gasteiger partial charge < -0.3 is 10.4 Å². The minimum atomic E-state index is -0.375. The molecule has 2 N–H and O–H groups in total. The number of benzene rings is 1. The summed E-state index contributed by atoms with van der Waals surface area (Å²) in [6.07, 6.45) is 0.546. The number of nitrogens with one attached hydrogen (secondary N) is 1. The fourth-order valence-electron chi connectivity index (χ4n) is 1.80. The second kappa shape index (κ2) is 6.56. The van der Waals surface area contributed by atoms with Crippen molar-refractivity contribution in [2.24, 2.45) is 0 Å². The molecule has 0 atom stereocenters. The van der Waals surface area contributed by atoms with Gasteiger partial charge in [0.2, 0.25) is 5.91 Å². The largest absolute Gasteiger partial charge is 0.396 e. The van der Waals surface area contributed by atoms with E-state index in [9.17, 15) is 4.79 Å². The molecule has 2 rings (SSSR count). The van der Waals surface area contributed by atoms with E-state index >= 15 is 0 Å². The standard InChI is InChI=1S/C14H18N2O2S2/c1-14(2,7-8-17)16-12(18)9-19-13-15-10-5-3-4-6-11(10)20-13/h3-6,17H,7-9H2,1-2H3,(H,16,18). The molecular formula is C14H18N2O2S2. The van der Waals surface area contributed by atoms with Crippen LogP contribution in [0.5, 0.6) is 0 Å². The van der Waals surface area contributed by atoms with Crippen molar-refractivity contribution < 1.29 is 9.90 Å². The Morgan fingerprint density at radius 1 is 1.45 bits per heavy atom. The lowest BCUT2D eigenvalue weighted by Crippen LogP contribution is -2.44. The van der Waals surface area contributed by atoms with E-state index in [-0.39, 0.29) is 18.1 Å². The molecule has 0 saturated carbocycles. The van der Waals surface area contributed by atoms with Crippen molar-refractivity contribution in [3.63, 3.8) is 0 Å². The van der Waals surface area contributed by atoms with Crippen LogP contribution in [0.25, 0.3) is 10.2 Å². The van der Waals surface area contributed by atoms with Crippen molar-refractivity contribution in [1.82, 2.24) is 10.3 Å². The number of para-hydroxylation sites is 1. The Balaban J connectivity index is 1.90. The zero-order valence-electron chi connectivity index (χ0n) is 11.5. The molecule has 1 aromatic carbocycles. The molecular weight excluding hydrogens is 292 g/mol. The third-order valence-corrected chi connectivity index (χ3v) is 4.99. The number of carbonyl (C=O) groups is 1. The fourth-order valence-corrected chi connectivity index (χ4v) is 3.66. The van der Waals surface area contributed by atoms with E-state index in [1.807, 2.05) is 38.1 Å². The number of thioether (sulfide) groups is 1. The van der Waals surface area contributed by atoms with Gasteiger partial charge in [-0.2, -0.15) is 0 Å². The van der Waals surface area contributed by atoms with Gasteiger partial charge in [-0.1, -0.05) is 23.9 Å². The molecule has 0 aliphatic carbocycles. The van der Waals surface area contributed by atoms with Crippen molar-refractivity contribution in [2.45, 2.75) is 30.1 Å². The Bertz CT molecular complexity index is 563. The quantitative estimate of drug-likeness (QED) is 0.805. The summed E-state index contributed by atoms with van der Waals surface area (Å²) in [4.78, 5) is 16.4. The number of hydrogen-bond donors (Lipinski definition) is 2. The predicted octanol–water partition coefficient (Wildman–Crippen LogP) is 2.67. The Morgan fingerprint density at radius 2 is 2.20 bits per heavy atom. The van der Waals surface area contributed by atoms with Crippen LogP contribution in [0.15, 0.2) is 28.6 Å². The molecule has 6 heteroatoms. The molecule has 0 aliphatic heterocycles. The molecule has 0 saturated heterocycles. The summed E-state index contributed by atoms with van der Waals surface area (Å²) in [6, 6.07) is 7.95. The number of thiazole rings is 1. The summed E-state index contributed by atoms with van der Waals surface area (Å²) < 4.78 is 2.04. The van der Waals surface area contributed by atoms with Gasteiger partial charge in [0.05, 0.1) is 16.0 Å². The average Bonchev–Trinajstić information content (AvgIpc) is 2.78. The van der Waals surface area contributed by atoms with Crippen LogP contribution < -0.4 is 5.32 Å². The zero-order chi connectivity index (χ0) is 14.6. The number of hydrogen-bond acceptors (Lipinski definition) is 5. The van der Waals surface area contributed by atoms with Gasteiger partial charge in [0.1, 0.15) is 0 Å². The monoisotopic (exact) mass is 310 g/mol. The van der Waals surface area contributed by atoms with Crippen LogP contribution in [0.1, 0.15) is 20.3 Å². The number of aliphatic hydroxyl groups is 1. The van der Waals surface area contributed by atoms with E-state index in [2.05, 4.69) is 10.3 Å². The Morgan fingerprint density at radius 3 is 2.90 bits per heavy atom. The molecule has 0 spiro atoms. The lowest BCUT2D eigenvalue weighted by atomic mass is 10.0. The highest BCUT2D eigenvalue weighted by Gasteiger charge is 2.19. The van der Waals surface area contributed by atoms with Crippen molar-refractivity contribution in [3.05, 3.63) is 24.3 Å².